The summed E-state index contributed by atoms with van der Waals surface area (Å²) >= 11 is 7.74. The Kier molecular flexibility index (Phi) is 7.72. The molecule has 0 fully saturated rings. The summed E-state index contributed by atoms with van der Waals surface area (Å²) in [6, 6.07) is 22.7. The lowest BCUT2D eigenvalue weighted by molar-refractivity contribution is -0.113. The molecule has 1 amide bonds. The predicted octanol–water partition coefficient (Wildman–Crippen LogP) is 5.39. The lowest BCUT2D eigenvalue weighted by Gasteiger charge is -2.12. The zero-order valence-electron chi connectivity index (χ0n) is 18.7. The van der Waals surface area contributed by atoms with Gasteiger partial charge in [-0.05, 0) is 17.7 Å². The highest BCUT2D eigenvalue weighted by molar-refractivity contribution is 7.99. The molecule has 174 valence electrons. The minimum Gasteiger partial charge on any atom is -0.497 e. The summed E-state index contributed by atoms with van der Waals surface area (Å²) < 4.78 is 12.5. The van der Waals surface area contributed by atoms with Gasteiger partial charge in [0.2, 0.25) is 5.91 Å². The average Bonchev–Trinajstić information content (AvgIpc) is 3.25. The van der Waals surface area contributed by atoms with Gasteiger partial charge in [0.1, 0.15) is 11.5 Å². The van der Waals surface area contributed by atoms with Gasteiger partial charge < -0.3 is 14.8 Å². The Morgan fingerprint density at radius 1 is 0.971 bits per heavy atom. The molecule has 0 aliphatic carbocycles. The molecule has 1 aromatic heterocycles. The van der Waals surface area contributed by atoms with Crippen LogP contribution < -0.4 is 14.8 Å². The maximum absolute atomic E-state index is 12.7. The summed E-state index contributed by atoms with van der Waals surface area (Å²) in [6.45, 7) is 0.547. The molecule has 0 aliphatic rings. The van der Waals surface area contributed by atoms with Crippen LogP contribution in [-0.2, 0) is 11.3 Å². The summed E-state index contributed by atoms with van der Waals surface area (Å²) in [5.41, 5.74) is 2.46. The zero-order chi connectivity index (χ0) is 23.9. The Bertz CT molecular complexity index is 1260. The summed E-state index contributed by atoms with van der Waals surface area (Å²) in [6.07, 6.45) is 0. The molecule has 1 heterocycles. The average molecular weight is 495 g/mol. The first-order valence-electron chi connectivity index (χ1n) is 10.4. The molecule has 0 atom stereocenters. The van der Waals surface area contributed by atoms with Gasteiger partial charge in [0, 0.05) is 29.4 Å². The van der Waals surface area contributed by atoms with Gasteiger partial charge in [-0.3, -0.25) is 9.36 Å². The number of rotatable bonds is 9. The van der Waals surface area contributed by atoms with Gasteiger partial charge in [-0.15, -0.1) is 10.2 Å². The van der Waals surface area contributed by atoms with Crippen LogP contribution in [0.25, 0.3) is 11.4 Å². The number of nitrogens with one attached hydrogen (secondary N) is 1. The van der Waals surface area contributed by atoms with E-state index in [1.165, 1.54) is 11.8 Å². The Labute approximate surface area is 207 Å². The molecule has 0 saturated heterocycles. The summed E-state index contributed by atoms with van der Waals surface area (Å²) in [5.74, 6) is 1.79. The van der Waals surface area contributed by atoms with Crippen LogP contribution in [0.1, 0.15) is 5.56 Å². The number of amides is 1. The number of ether oxygens (including phenoxy) is 2. The molecule has 0 radical (unpaired) electrons. The normalized spacial score (nSPS) is 10.7. The van der Waals surface area contributed by atoms with Crippen molar-refractivity contribution in [2.24, 2.45) is 0 Å². The van der Waals surface area contributed by atoms with Crippen molar-refractivity contribution in [3.05, 3.63) is 83.4 Å². The molecule has 0 spiro atoms. The van der Waals surface area contributed by atoms with Gasteiger partial charge in [0.15, 0.2) is 11.0 Å². The van der Waals surface area contributed by atoms with Crippen LogP contribution in [0, 0.1) is 0 Å². The molecule has 34 heavy (non-hydrogen) atoms. The number of hydrogen-bond acceptors (Lipinski definition) is 6. The topological polar surface area (TPSA) is 78.3 Å². The number of hydrogen-bond donors (Lipinski definition) is 1. The number of anilines is 1. The molecule has 0 saturated carbocycles. The lowest BCUT2D eigenvalue weighted by Crippen LogP contribution is -2.15. The summed E-state index contributed by atoms with van der Waals surface area (Å²) in [5, 5.41) is 12.8. The van der Waals surface area contributed by atoms with E-state index in [0.717, 1.165) is 11.1 Å². The zero-order valence-corrected chi connectivity index (χ0v) is 20.3. The number of nitrogens with zero attached hydrogens (tertiary/aromatic N) is 3. The Balaban J connectivity index is 1.55. The minimum atomic E-state index is -0.186. The number of thioether (sulfide) groups is 1. The third kappa shape index (κ3) is 5.70. The van der Waals surface area contributed by atoms with Crippen LogP contribution >= 0.6 is 23.4 Å². The summed E-state index contributed by atoms with van der Waals surface area (Å²) in [7, 11) is 3.12. The van der Waals surface area contributed by atoms with E-state index in [0.29, 0.717) is 39.7 Å². The van der Waals surface area contributed by atoms with E-state index in [9.17, 15) is 4.79 Å². The first-order chi connectivity index (χ1) is 16.6. The maximum atomic E-state index is 12.7. The first kappa shape index (κ1) is 23.7. The Morgan fingerprint density at radius 3 is 2.32 bits per heavy atom. The van der Waals surface area contributed by atoms with E-state index in [1.807, 2.05) is 59.2 Å². The molecule has 0 bridgehead atoms. The fourth-order valence-corrected chi connectivity index (χ4v) is 4.31. The van der Waals surface area contributed by atoms with Crippen molar-refractivity contribution >= 4 is 35.0 Å². The van der Waals surface area contributed by atoms with Gasteiger partial charge in [-0.2, -0.15) is 0 Å². The number of aromatic nitrogens is 3. The minimum absolute atomic E-state index is 0.148. The second-order valence-electron chi connectivity index (χ2n) is 7.30. The molecule has 4 rings (SSSR count). The van der Waals surface area contributed by atoms with Crippen molar-refractivity contribution in [1.82, 2.24) is 14.8 Å². The van der Waals surface area contributed by atoms with Crippen LogP contribution in [0.5, 0.6) is 11.5 Å². The smallest absolute Gasteiger partial charge is 0.234 e. The number of benzene rings is 3. The lowest BCUT2D eigenvalue weighted by atomic mass is 10.2. The molecular weight excluding hydrogens is 472 g/mol. The van der Waals surface area contributed by atoms with Gasteiger partial charge in [0.25, 0.3) is 0 Å². The van der Waals surface area contributed by atoms with Crippen LogP contribution in [0.4, 0.5) is 5.69 Å². The monoisotopic (exact) mass is 494 g/mol. The third-order valence-corrected chi connectivity index (χ3v) is 6.28. The molecule has 0 aliphatic heterocycles. The number of halogens is 1. The van der Waals surface area contributed by atoms with Crippen LogP contribution in [0.2, 0.25) is 5.02 Å². The predicted molar refractivity (Wildman–Crippen MR) is 135 cm³/mol. The quantitative estimate of drug-likeness (QED) is 0.314. The number of carbonyl (C=O) groups excluding carboxylic acids is 1. The van der Waals surface area contributed by atoms with E-state index in [2.05, 4.69) is 15.5 Å². The molecule has 0 unspecified atom stereocenters. The third-order valence-electron chi connectivity index (χ3n) is 4.98. The largest absolute Gasteiger partial charge is 0.497 e. The summed E-state index contributed by atoms with van der Waals surface area (Å²) in [4.78, 5) is 12.7. The molecule has 7 nitrogen and oxygen atoms in total. The van der Waals surface area contributed by atoms with Gasteiger partial charge in [-0.1, -0.05) is 65.8 Å². The van der Waals surface area contributed by atoms with E-state index in [4.69, 9.17) is 21.1 Å². The molecule has 9 heteroatoms. The van der Waals surface area contributed by atoms with Crippen molar-refractivity contribution in [3.8, 4) is 22.9 Å². The number of carbonyl (C=O) groups is 1. The van der Waals surface area contributed by atoms with E-state index in [-0.39, 0.29) is 11.7 Å². The van der Waals surface area contributed by atoms with E-state index < -0.39 is 0 Å². The molecule has 3 aromatic carbocycles. The van der Waals surface area contributed by atoms with Crippen molar-refractivity contribution < 1.29 is 14.3 Å². The van der Waals surface area contributed by atoms with Crippen LogP contribution in [0.3, 0.4) is 0 Å². The van der Waals surface area contributed by atoms with Gasteiger partial charge >= 0.3 is 0 Å². The molecule has 4 aromatic rings. The second-order valence-corrected chi connectivity index (χ2v) is 8.65. The highest BCUT2D eigenvalue weighted by Crippen LogP contribution is 2.30. The SMILES string of the molecule is COc1cc(NC(=O)CSc2nnc(-c3ccccc3Cl)n2Cc2ccccc2)cc(OC)c1. The van der Waals surface area contributed by atoms with Crippen molar-refractivity contribution in [3.63, 3.8) is 0 Å². The Hall–Kier alpha value is -3.49. The van der Waals surface area contributed by atoms with Crippen molar-refractivity contribution in [1.29, 1.82) is 0 Å². The van der Waals surface area contributed by atoms with Crippen LogP contribution in [-0.4, -0.2) is 40.6 Å². The van der Waals surface area contributed by atoms with Gasteiger partial charge in [-0.25, -0.2) is 0 Å². The number of methoxy groups -OCH3 is 2. The van der Waals surface area contributed by atoms with E-state index in [1.54, 1.807) is 32.4 Å². The molecular formula is C25H23ClN4O3S. The fourth-order valence-electron chi connectivity index (χ4n) is 3.35. The maximum Gasteiger partial charge on any atom is 0.234 e. The van der Waals surface area contributed by atoms with Crippen molar-refractivity contribution in [2.45, 2.75) is 11.7 Å². The highest BCUT2D eigenvalue weighted by Gasteiger charge is 2.18. The van der Waals surface area contributed by atoms with Crippen molar-refractivity contribution in [2.75, 3.05) is 25.3 Å². The van der Waals surface area contributed by atoms with Gasteiger partial charge in [0.05, 0.1) is 31.5 Å². The Morgan fingerprint density at radius 2 is 1.65 bits per heavy atom. The molecule has 1 N–H and O–H groups in total. The second kappa shape index (κ2) is 11.1. The fraction of sp³-hybridized carbons (Fsp3) is 0.160. The van der Waals surface area contributed by atoms with Crippen LogP contribution in [0.15, 0.2) is 78.0 Å². The first-order valence-corrected chi connectivity index (χ1v) is 11.8. The standard InChI is InChI=1S/C25H23ClN4O3S/c1-32-19-12-18(13-20(14-19)33-2)27-23(31)16-34-25-29-28-24(21-10-6-7-11-22(21)26)30(25)15-17-8-4-3-5-9-17/h3-14H,15-16H2,1-2H3,(H,27,31). The van der Waals surface area contributed by atoms with E-state index >= 15 is 0 Å². The highest BCUT2D eigenvalue weighted by atomic mass is 35.5.